The van der Waals surface area contributed by atoms with Gasteiger partial charge in [0.2, 0.25) is 0 Å². The van der Waals surface area contributed by atoms with Gasteiger partial charge in [-0.05, 0) is 30.2 Å². The number of rotatable bonds is 6. The molecule has 0 amide bonds. The molecule has 2 rings (SSSR count). The van der Waals surface area contributed by atoms with Crippen molar-refractivity contribution in [2.24, 2.45) is 0 Å². The fourth-order valence-corrected chi connectivity index (χ4v) is 4.22. The van der Waals surface area contributed by atoms with E-state index in [1.54, 1.807) is 0 Å². The van der Waals surface area contributed by atoms with Gasteiger partial charge in [-0.2, -0.15) is 0 Å². The first-order chi connectivity index (χ1) is 10.00. The highest BCUT2D eigenvalue weighted by Crippen LogP contribution is 2.21. The molecule has 1 aliphatic rings. The van der Waals surface area contributed by atoms with Gasteiger partial charge in [-0.15, -0.1) is 0 Å². The zero-order valence-electron chi connectivity index (χ0n) is 12.4. The molecule has 118 valence electrons. The average molecular weight is 375 g/mol. The molecule has 4 nitrogen and oxygen atoms in total. The molecular weight excluding hydrogens is 352 g/mol. The van der Waals surface area contributed by atoms with E-state index in [4.69, 9.17) is 0 Å². The van der Waals surface area contributed by atoms with Crippen LogP contribution in [0.4, 0.5) is 0 Å². The topological polar surface area (TPSA) is 49.4 Å². The quantitative estimate of drug-likeness (QED) is 0.775. The molecule has 0 aliphatic carbocycles. The smallest absolute Gasteiger partial charge is 0.152 e. The Balaban J connectivity index is 1.92. The number of hydrogen-bond donors (Lipinski definition) is 1. The molecule has 0 radical (unpaired) electrons. The van der Waals surface area contributed by atoms with Crippen LogP contribution < -0.4 is 5.32 Å². The third kappa shape index (κ3) is 5.36. The van der Waals surface area contributed by atoms with Gasteiger partial charge in [0, 0.05) is 30.7 Å². The van der Waals surface area contributed by atoms with Crippen LogP contribution >= 0.6 is 15.9 Å². The normalized spacial score (nSPS) is 18.8. The molecule has 0 unspecified atom stereocenters. The number of benzene rings is 1. The largest absolute Gasteiger partial charge is 0.313 e. The maximum atomic E-state index is 11.4. The standard InChI is InChI=1S/C15H23BrN2O2S/c1-2-5-17-11-13-3-4-14(15(16)10-13)12-18-6-8-21(19,20)9-7-18/h3-4,10,17H,2,5-9,11-12H2,1H3. The van der Waals surface area contributed by atoms with Gasteiger partial charge in [0.15, 0.2) is 9.84 Å². The highest BCUT2D eigenvalue weighted by Gasteiger charge is 2.21. The Morgan fingerprint density at radius 2 is 2.00 bits per heavy atom. The molecule has 1 aliphatic heterocycles. The Morgan fingerprint density at radius 1 is 1.29 bits per heavy atom. The van der Waals surface area contributed by atoms with Gasteiger partial charge in [-0.1, -0.05) is 35.0 Å². The molecule has 0 atom stereocenters. The van der Waals surface area contributed by atoms with Gasteiger partial charge in [0.25, 0.3) is 0 Å². The molecule has 21 heavy (non-hydrogen) atoms. The molecule has 1 fully saturated rings. The molecule has 1 saturated heterocycles. The van der Waals surface area contributed by atoms with Gasteiger partial charge in [0.1, 0.15) is 0 Å². The fourth-order valence-electron chi connectivity index (χ4n) is 2.39. The van der Waals surface area contributed by atoms with Crippen LogP contribution in [0.2, 0.25) is 0 Å². The van der Waals surface area contributed by atoms with E-state index in [-0.39, 0.29) is 11.5 Å². The molecular formula is C15H23BrN2O2S. The number of halogens is 1. The van der Waals surface area contributed by atoms with Gasteiger partial charge in [0.05, 0.1) is 11.5 Å². The maximum absolute atomic E-state index is 11.4. The number of sulfone groups is 1. The highest BCUT2D eigenvalue weighted by atomic mass is 79.9. The van der Waals surface area contributed by atoms with Crippen LogP contribution in [0.3, 0.4) is 0 Å². The van der Waals surface area contributed by atoms with Crippen LogP contribution in [0.15, 0.2) is 22.7 Å². The number of nitrogens with zero attached hydrogens (tertiary/aromatic N) is 1. The monoisotopic (exact) mass is 374 g/mol. The van der Waals surface area contributed by atoms with E-state index in [0.29, 0.717) is 13.1 Å². The van der Waals surface area contributed by atoms with Crippen LogP contribution in [0.25, 0.3) is 0 Å². The van der Waals surface area contributed by atoms with Crippen molar-refractivity contribution < 1.29 is 8.42 Å². The molecule has 6 heteroatoms. The third-order valence-corrected chi connectivity index (χ3v) is 6.05. The predicted octanol–water partition coefficient (Wildman–Crippen LogP) is 2.18. The summed E-state index contributed by atoms with van der Waals surface area (Å²) < 4.78 is 24.0. The summed E-state index contributed by atoms with van der Waals surface area (Å²) in [5.41, 5.74) is 2.48. The van der Waals surface area contributed by atoms with E-state index in [0.717, 1.165) is 30.5 Å². The first kappa shape index (κ1) is 16.9. The van der Waals surface area contributed by atoms with Gasteiger partial charge >= 0.3 is 0 Å². The zero-order valence-corrected chi connectivity index (χ0v) is 14.8. The molecule has 1 aromatic rings. The first-order valence-electron chi connectivity index (χ1n) is 7.41. The summed E-state index contributed by atoms with van der Waals surface area (Å²) in [4.78, 5) is 2.20. The maximum Gasteiger partial charge on any atom is 0.152 e. The number of nitrogens with one attached hydrogen (secondary N) is 1. The van der Waals surface area contributed by atoms with Crippen molar-refractivity contribution >= 4 is 25.8 Å². The summed E-state index contributed by atoms with van der Waals surface area (Å²) in [6, 6.07) is 6.43. The highest BCUT2D eigenvalue weighted by molar-refractivity contribution is 9.10. The molecule has 0 saturated carbocycles. The second-order valence-corrected chi connectivity index (χ2v) is 8.69. The van der Waals surface area contributed by atoms with E-state index in [9.17, 15) is 8.42 Å². The van der Waals surface area contributed by atoms with Crippen LogP contribution in [0.1, 0.15) is 24.5 Å². The second kappa shape index (κ2) is 7.72. The van der Waals surface area contributed by atoms with E-state index < -0.39 is 9.84 Å². The van der Waals surface area contributed by atoms with Crippen LogP contribution in [0, 0.1) is 0 Å². The van der Waals surface area contributed by atoms with E-state index in [1.807, 2.05) is 0 Å². The predicted molar refractivity (Wildman–Crippen MR) is 90.1 cm³/mol. The van der Waals surface area contributed by atoms with Crippen LogP contribution in [-0.2, 0) is 22.9 Å². The van der Waals surface area contributed by atoms with Crippen molar-refractivity contribution in [1.29, 1.82) is 0 Å². The summed E-state index contributed by atoms with van der Waals surface area (Å²) in [5, 5.41) is 3.39. The lowest BCUT2D eigenvalue weighted by Gasteiger charge is -2.27. The van der Waals surface area contributed by atoms with Crippen LogP contribution in [0.5, 0.6) is 0 Å². The van der Waals surface area contributed by atoms with Gasteiger partial charge in [-0.25, -0.2) is 8.42 Å². The summed E-state index contributed by atoms with van der Waals surface area (Å²) >= 11 is 3.63. The summed E-state index contributed by atoms with van der Waals surface area (Å²) in [7, 11) is -2.80. The van der Waals surface area contributed by atoms with Crippen molar-refractivity contribution in [3.8, 4) is 0 Å². The van der Waals surface area contributed by atoms with Crippen molar-refractivity contribution in [3.63, 3.8) is 0 Å². The second-order valence-electron chi connectivity index (χ2n) is 5.53. The van der Waals surface area contributed by atoms with Crippen molar-refractivity contribution in [2.45, 2.75) is 26.4 Å². The summed E-state index contributed by atoms with van der Waals surface area (Å²) in [6.45, 7) is 6.14. The minimum absolute atomic E-state index is 0.281. The van der Waals surface area contributed by atoms with E-state index in [2.05, 4.69) is 51.3 Å². The molecule has 0 aromatic heterocycles. The lowest BCUT2D eigenvalue weighted by atomic mass is 10.1. The molecule has 0 spiro atoms. The van der Waals surface area contributed by atoms with E-state index >= 15 is 0 Å². The Kier molecular flexibility index (Phi) is 6.22. The summed E-state index contributed by atoms with van der Waals surface area (Å²) in [6.07, 6.45) is 1.14. The van der Waals surface area contributed by atoms with E-state index in [1.165, 1.54) is 11.1 Å². The number of hydrogen-bond acceptors (Lipinski definition) is 4. The lowest BCUT2D eigenvalue weighted by Crippen LogP contribution is -2.39. The molecule has 1 heterocycles. The zero-order chi connectivity index (χ0) is 15.3. The molecule has 1 N–H and O–H groups in total. The summed E-state index contributed by atoms with van der Waals surface area (Å²) in [5.74, 6) is 0.563. The Morgan fingerprint density at radius 3 is 2.62 bits per heavy atom. The lowest BCUT2D eigenvalue weighted by molar-refractivity contribution is 0.287. The van der Waals surface area contributed by atoms with Crippen LogP contribution in [-0.4, -0.2) is 44.5 Å². The van der Waals surface area contributed by atoms with Gasteiger partial charge in [-0.3, -0.25) is 4.90 Å². The Hall–Kier alpha value is -0.430. The minimum atomic E-state index is -2.80. The SMILES string of the molecule is CCCNCc1ccc(CN2CCS(=O)(=O)CC2)c(Br)c1. The average Bonchev–Trinajstić information content (AvgIpc) is 2.44. The third-order valence-electron chi connectivity index (χ3n) is 3.70. The molecule has 0 bridgehead atoms. The minimum Gasteiger partial charge on any atom is -0.313 e. The van der Waals surface area contributed by atoms with Crippen molar-refractivity contribution in [2.75, 3.05) is 31.1 Å². The molecule has 1 aromatic carbocycles. The van der Waals surface area contributed by atoms with Crippen molar-refractivity contribution in [1.82, 2.24) is 10.2 Å². The first-order valence-corrected chi connectivity index (χ1v) is 10.0. The fraction of sp³-hybridized carbons (Fsp3) is 0.600. The van der Waals surface area contributed by atoms with Gasteiger partial charge < -0.3 is 5.32 Å². The Bertz CT molecular complexity index is 561. The van der Waals surface area contributed by atoms with Crippen molar-refractivity contribution in [3.05, 3.63) is 33.8 Å². The Labute approximate surface area is 136 Å².